The van der Waals surface area contributed by atoms with Crippen LogP contribution in [0.3, 0.4) is 0 Å². The summed E-state index contributed by atoms with van der Waals surface area (Å²) in [7, 11) is 0. The molecule has 3 heterocycles. The molecule has 0 unspecified atom stereocenters. The van der Waals surface area contributed by atoms with Crippen LogP contribution < -0.4 is 0 Å². The standard InChI is InChI=1S/C21H17BrN2S.2ClH/c22-18-7-5-15(6-8-18)20-10-9-19(25-20)13-16-3-2-12-24-21(16)17-4-1-11-23-14-17;;/h1,4-11,13-14H,2-3,12H2;2*1H. The van der Waals surface area contributed by atoms with Gasteiger partial charge in [0.1, 0.15) is 0 Å². The minimum atomic E-state index is 0. The Morgan fingerprint density at radius 1 is 0.963 bits per heavy atom. The molecule has 0 radical (unpaired) electrons. The van der Waals surface area contributed by atoms with Crippen LogP contribution in [-0.2, 0) is 0 Å². The highest BCUT2D eigenvalue weighted by molar-refractivity contribution is 9.10. The molecule has 0 N–H and O–H groups in total. The van der Waals surface area contributed by atoms with Gasteiger partial charge in [-0.2, -0.15) is 0 Å². The lowest BCUT2D eigenvalue weighted by Crippen LogP contribution is -2.11. The lowest BCUT2D eigenvalue weighted by atomic mass is 9.96. The largest absolute Gasteiger partial charge is 0.284 e. The summed E-state index contributed by atoms with van der Waals surface area (Å²) >= 11 is 5.31. The number of pyridine rings is 1. The molecule has 0 bridgehead atoms. The first-order chi connectivity index (χ1) is 12.3. The molecule has 0 saturated heterocycles. The molecule has 27 heavy (non-hydrogen) atoms. The molecular weight excluding hydrogens is 463 g/mol. The molecule has 140 valence electrons. The van der Waals surface area contributed by atoms with Gasteiger partial charge in [-0.1, -0.05) is 28.1 Å². The van der Waals surface area contributed by atoms with Crippen molar-refractivity contribution in [3.8, 4) is 10.4 Å². The highest BCUT2D eigenvalue weighted by Crippen LogP contribution is 2.31. The van der Waals surface area contributed by atoms with Crippen molar-refractivity contribution in [2.45, 2.75) is 12.8 Å². The first-order valence-corrected chi connectivity index (χ1v) is 9.92. The van der Waals surface area contributed by atoms with Gasteiger partial charge in [0.05, 0.1) is 5.71 Å². The van der Waals surface area contributed by atoms with E-state index in [0.29, 0.717) is 0 Å². The lowest BCUT2D eigenvalue weighted by Gasteiger charge is -2.15. The summed E-state index contributed by atoms with van der Waals surface area (Å²) in [6, 6.07) is 16.9. The molecule has 0 aliphatic carbocycles. The highest BCUT2D eigenvalue weighted by Gasteiger charge is 2.14. The van der Waals surface area contributed by atoms with Crippen LogP contribution in [0.1, 0.15) is 23.3 Å². The van der Waals surface area contributed by atoms with Gasteiger partial charge in [-0.05, 0) is 66.5 Å². The number of hydrogen-bond donors (Lipinski definition) is 0. The second-order valence-electron chi connectivity index (χ2n) is 5.95. The third kappa shape index (κ3) is 5.29. The van der Waals surface area contributed by atoms with Gasteiger partial charge in [-0.15, -0.1) is 36.2 Å². The Labute approximate surface area is 184 Å². The summed E-state index contributed by atoms with van der Waals surface area (Å²) in [5.74, 6) is 0. The fourth-order valence-corrected chi connectivity index (χ4v) is 4.22. The van der Waals surface area contributed by atoms with Crippen molar-refractivity contribution in [1.82, 2.24) is 4.98 Å². The molecule has 0 spiro atoms. The average molecular weight is 482 g/mol. The lowest BCUT2D eigenvalue weighted by molar-refractivity contribution is 0.818. The monoisotopic (exact) mass is 480 g/mol. The van der Waals surface area contributed by atoms with Gasteiger partial charge in [0.15, 0.2) is 0 Å². The van der Waals surface area contributed by atoms with E-state index in [-0.39, 0.29) is 24.8 Å². The Kier molecular flexibility index (Phi) is 8.24. The van der Waals surface area contributed by atoms with E-state index in [1.807, 2.05) is 23.6 Å². The normalized spacial score (nSPS) is 14.9. The SMILES string of the molecule is Brc1ccc(-c2ccc(C=C3CCCN=C3c3cccnc3)s2)cc1.Cl.Cl. The van der Waals surface area contributed by atoms with Crippen LogP contribution in [0, 0.1) is 0 Å². The molecule has 4 rings (SSSR count). The van der Waals surface area contributed by atoms with Gasteiger partial charge in [0, 0.05) is 38.7 Å². The van der Waals surface area contributed by atoms with Gasteiger partial charge >= 0.3 is 0 Å². The third-order valence-electron chi connectivity index (χ3n) is 4.19. The fourth-order valence-electron chi connectivity index (χ4n) is 2.97. The van der Waals surface area contributed by atoms with E-state index in [0.717, 1.165) is 35.1 Å². The smallest absolute Gasteiger partial charge is 0.0694 e. The van der Waals surface area contributed by atoms with Crippen molar-refractivity contribution in [3.63, 3.8) is 0 Å². The second-order valence-corrected chi connectivity index (χ2v) is 7.99. The Balaban J connectivity index is 0.00000131. The van der Waals surface area contributed by atoms with Crippen LogP contribution in [0.5, 0.6) is 0 Å². The van der Waals surface area contributed by atoms with Crippen molar-refractivity contribution < 1.29 is 0 Å². The zero-order valence-electron chi connectivity index (χ0n) is 14.5. The molecule has 0 saturated carbocycles. The minimum absolute atomic E-state index is 0. The molecule has 1 aromatic carbocycles. The van der Waals surface area contributed by atoms with Gasteiger partial charge in [-0.3, -0.25) is 9.98 Å². The summed E-state index contributed by atoms with van der Waals surface area (Å²) < 4.78 is 1.11. The van der Waals surface area contributed by atoms with E-state index in [2.05, 4.69) is 69.5 Å². The Morgan fingerprint density at radius 3 is 2.52 bits per heavy atom. The van der Waals surface area contributed by atoms with Crippen molar-refractivity contribution in [2.75, 3.05) is 6.54 Å². The number of hydrogen-bond acceptors (Lipinski definition) is 3. The zero-order valence-corrected chi connectivity index (χ0v) is 18.5. The van der Waals surface area contributed by atoms with E-state index >= 15 is 0 Å². The second kappa shape index (κ2) is 10.2. The van der Waals surface area contributed by atoms with Gasteiger partial charge < -0.3 is 0 Å². The van der Waals surface area contributed by atoms with E-state index in [4.69, 9.17) is 4.99 Å². The Bertz CT molecular complexity index is 934. The number of rotatable bonds is 3. The maximum atomic E-state index is 4.76. The molecule has 0 fully saturated rings. The summed E-state index contributed by atoms with van der Waals surface area (Å²) in [5, 5.41) is 0. The molecule has 2 nitrogen and oxygen atoms in total. The zero-order chi connectivity index (χ0) is 17.1. The topological polar surface area (TPSA) is 25.2 Å². The van der Waals surface area contributed by atoms with Crippen molar-refractivity contribution in [2.24, 2.45) is 4.99 Å². The van der Waals surface area contributed by atoms with Crippen LogP contribution in [0.4, 0.5) is 0 Å². The Hall–Kier alpha value is -1.46. The number of thiophene rings is 1. The molecule has 1 aliphatic heterocycles. The molecule has 0 amide bonds. The average Bonchev–Trinajstić information content (AvgIpc) is 3.12. The van der Waals surface area contributed by atoms with Crippen LogP contribution in [-0.4, -0.2) is 17.2 Å². The van der Waals surface area contributed by atoms with Gasteiger partial charge in [-0.25, -0.2) is 0 Å². The number of aromatic nitrogens is 1. The van der Waals surface area contributed by atoms with E-state index < -0.39 is 0 Å². The number of aliphatic imine (C=N–C) groups is 1. The fraction of sp³-hybridized carbons (Fsp3) is 0.143. The maximum Gasteiger partial charge on any atom is 0.0694 e. The van der Waals surface area contributed by atoms with E-state index in [1.54, 1.807) is 6.20 Å². The summed E-state index contributed by atoms with van der Waals surface area (Å²) in [6.45, 7) is 0.899. The Morgan fingerprint density at radius 2 is 1.78 bits per heavy atom. The van der Waals surface area contributed by atoms with E-state index in [1.165, 1.54) is 20.9 Å². The first kappa shape index (κ1) is 21.8. The van der Waals surface area contributed by atoms with Crippen molar-refractivity contribution in [1.29, 1.82) is 0 Å². The predicted octanol–water partition coefficient (Wildman–Crippen LogP) is 7.08. The number of nitrogens with zero attached hydrogens (tertiary/aromatic N) is 2. The summed E-state index contributed by atoms with van der Waals surface area (Å²) in [4.78, 5) is 11.6. The molecule has 0 atom stereocenters. The highest BCUT2D eigenvalue weighted by atomic mass is 79.9. The molecule has 2 aromatic heterocycles. The van der Waals surface area contributed by atoms with Crippen LogP contribution in [0.25, 0.3) is 16.5 Å². The van der Waals surface area contributed by atoms with E-state index in [9.17, 15) is 0 Å². The predicted molar refractivity (Wildman–Crippen MR) is 125 cm³/mol. The molecule has 3 aromatic rings. The van der Waals surface area contributed by atoms with Crippen molar-refractivity contribution in [3.05, 3.63) is 81.4 Å². The minimum Gasteiger partial charge on any atom is -0.284 e. The maximum absolute atomic E-state index is 4.76. The van der Waals surface area contributed by atoms with Crippen LogP contribution in [0.15, 0.2) is 76.0 Å². The quantitative estimate of drug-likeness (QED) is 0.392. The van der Waals surface area contributed by atoms with Gasteiger partial charge in [0.2, 0.25) is 0 Å². The number of allylic oxidation sites excluding steroid dienone is 1. The number of halogens is 3. The van der Waals surface area contributed by atoms with Crippen molar-refractivity contribution >= 4 is 63.9 Å². The van der Waals surface area contributed by atoms with Crippen LogP contribution >= 0.6 is 52.1 Å². The molecule has 6 heteroatoms. The molecule has 1 aliphatic rings. The summed E-state index contributed by atoms with van der Waals surface area (Å²) in [5.41, 5.74) is 4.77. The third-order valence-corrected chi connectivity index (χ3v) is 5.80. The molecular formula is C21H19BrCl2N2S. The van der Waals surface area contributed by atoms with Gasteiger partial charge in [0.25, 0.3) is 0 Å². The number of benzene rings is 1. The van der Waals surface area contributed by atoms with Crippen LogP contribution in [0.2, 0.25) is 0 Å². The first-order valence-electron chi connectivity index (χ1n) is 8.31. The summed E-state index contributed by atoms with van der Waals surface area (Å²) in [6.07, 6.45) is 8.18.